The molecular formula is C11H12BrIN2O2. The lowest BCUT2D eigenvalue weighted by Gasteiger charge is -2.12. The molecule has 1 amide bonds. The van der Waals surface area contributed by atoms with Gasteiger partial charge in [-0.05, 0) is 63.1 Å². The first kappa shape index (κ1) is 13.3. The summed E-state index contributed by atoms with van der Waals surface area (Å²) < 4.78 is 1.96. The molecule has 2 unspecified atom stereocenters. The Bertz CT molecular complexity index is 441. The van der Waals surface area contributed by atoms with E-state index in [1.165, 1.54) is 0 Å². The molecule has 1 aliphatic heterocycles. The number of nitrogens with one attached hydrogen (secondary N) is 2. The Hall–Kier alpha value is -0.180. The standard InChI is InChI=1S/C11H12BrIN2O2/c12-8-3-6(13)1-2-9(8)15-11(17)10-4-7(16)5-14-10/h1-3,7,10,14,16H,4-5H2,(H,15,17). The van der Waals surface area contributed by atoms with Crippen LogP contribution in [0, 0.1) is 3.57 Å². The average molecular weight is 411 g/mol. The van der Waals surface area contributed by atoms with Gasteiger partial charge in [-0.2, -0.15) is 0 Å². The van der Waals surface area contributed by atoms with E-state index in [-0.39, 0.29) is 11.9 Å². The number of anilines is 1. The Labute approximate surface area is 121 Å². The fourth-order valence-electron chi connectivity index (χ4n) is 1.73. The molecule has 2 atom stereocenters. The van der Waals surface area contributed by atoms with Gasteiger partial charge in [-0.3, -0.25) is 4.79 Å². The van der Waals surface area contributed by atoms with Crippen LogP contribution in [0.2, 0.25) is 0 Å². The zero-order chi connectivity index (χ0) is 12.4. The first-order chi connectivity index (χ1) is 8.06. The molecule has 1 aromatic carbocycles. The molecule has 0 radical (unpaired) electrons. The second-order valence-electron chi connectivity index (χ2n) is 3.96. The number of hydrogen-bond donors (Lipinski definition) is 3. The van der Waals surface area contributed by atoms with Crippen molar-refractivity contribution in [3.8, 4) is 0 Å². The molecule has 0 saturated carbocycles. The van der Waals surface area contributed by atoms with Crippen LogP contribution in [0.25, 0.3) is 0 Å². The van der Waals surface area contributed by atoms with Crippen LogP contribution in [-0.4, -0.2) is 29.7 Å². The van der Waals surface area contributed by atoms with Crippen molar-refractivity contribution in [2.75, 3.05) is 11.9 Å². The first-order valence-electron chi connectivity index (χ1n) is 5.23. The number of aliphatic hydroxyl groups is 1. The second-order valence-corrected chi connectivity index (χ2v) is 6.06. The van der Waals surface area contributed by atoms with Gasteiger partial charge in [0.1, 0.15) is 0 Å². The zero-order valence-electron chi connectivity index (χ0n) is 8.91. The van der Waals surface area contributed by atoms with Crippen molar-refractivity contribution < 1.29 is 9.90 Å². The van der Waals surface area contributed by atoms with Crippen molar-refractivity contribution in [3.05, 3.63) is 26.2 Å². The maximum absolute atomic E-state index is 11.9. The van der Waals surface area contributed by atoms with Crippen LogP contribution in [0.15, 0.2) is 22.7 Å². The largest absolute Gasteiger partial charge is 0.392 e. The van der Waals surface area contributed by atoms with E-state index in [0.29, 0.717) is 13.0 Å². The van der Waals surface area contributed by atoms with Gasteiger partial charge in [0.05, 0.1) is 17.8 Å². The Balaban J connectivity index is 2.03. The summed E-state index contributed by atoms with van der Waals surface area (Å²) in [6, 6.07) is 5.41. The maximum Gasteiger partial charge on any atom is 0.241 e. The predicted octanol–water partition coefficient (Wildman–Crippen LogP) is 1.71. The highest BCUT2D eigenvalue weighted by molar-refractivity contribution is 14.1. The summed E-state index contributed by atoms with van der Waals surface area (Å²) in [7, 11) is 0. The summed E-state index contributed by atoms with van der Waals surface area (Å²) >= 11 is 5.62. The summed E-state index contributed by atoms with van der Waals surface area (Å²) in [4.78, 5) is 11.9. The number of amides is 1. The third kappa shape index (κ3) is 3.40. The maximum atomic E-state index is 11.9. The van der Waals surface area contributed by atoms with Gasteiger partial charge in [0, 0.05) is 14.6 Å². The molecule has 1 heterocycles. The van der Waals surface area contributed by atoms with Gasteiger partial charge in [0.25, 0.3) is 0 Å². The van der Waals surface area contributed by atoms with Gasteiger partial charge in [-0.1, -0.05) is 0 Å². The molecule has 2 rings (SSSR count). The third-order valence-electron chi connectivity index (χ3n) is 2.61. The molecule has 4 nitrogen and oxygen atoms in total. The summed E-state index contributed by atoms with van der Waals surface area (Å²) in [5.74, 6) is -0.108. The monoisotopic (exact) mass is 410 g/mol. The topological polar surface area (TPSA) is 61.4 Å². The van der Waals surface area contributed by atoms with E-state index in [1.54, 1.807) is 0 Å². The zero-order valence-corrected chi connectivity index (χ0v) is 12.7. The second kappa shape index (κ2) is 5.64. The molecule has 92 valence electrons. The van der Waals surface area contributed by atoms with Crippen LogP contribution < -0.4 is 10.6 Å². The number of aliphatic hydroxyl groups excluding tert-OH is 1. The Morgan fingerprint density at radius 2 is 2.35 bits per heavy atom. The molecule has 0 aliphatic carbocycles. The first-order valence-corrected chi connectivity index (χ1v) is 7.11. The van der Waals surface area contributed by atoms with E-state index in [0.717, 1.165) is 13.7 Å². The molecule has 17 heavy (non-hydrogen) atoms. The Morgan fingerprint density at radius 3 is 2.94 bits per heavy atom. The van der Waals surface area contributed by atoms with Gasteiger partial charge in [0.15, 0.2) is 0 Å². The highest BCUT2D eigenvalue weighted by Crippen LogP contribution is 2.24. The fraction of sp³-hybridized carbons (Fsp3) is 0.364. The van der Waals surface area contributed by atoms with Crippen LogP contribution in [0.5, 0.6) is 0 Å². The molecule has 1 saturated heterocycles. The molecule has 6 heteroatoms. The number of carbonyl (C=O) groups excluding carboxylic acids is 1. The Morgan fingerprint density at radius 1 is 1.59 bits per heavy atom. The van der Waals surface area contributed by atoms with Crippen molar-refractivity contribution in [2.24, 2.45) is 0 Å². The molecule has 1 fully saturated rings. The van der Waals surface area contributed by atoms with E-state index >= 15 is 0 Å². The molecule has 0 spiro atoms. The fourth-order valence-corrected chi connectivity index (χ4v) is 3.12. The number of hydrogen-bond acceptors (Lipinski definition) is 3. The molecule has 3 N–H and O–H groups in total. The van der Waals surface area contributed by atoms with E-state index in [9.17, 15) is 9.90 Å². The minimum Gasteiger partial charge on any atom is -0.392 e. The number of carbonyl (C=O) groups is 1. The Kier molecular flexibility index (Phi) is 4.40. The summed E-state index contributed by atoms with van der Waals surface area (Å²) in [6.07, 6.45) is 0.0410. The van der Waals surface area contributed by atoms with Crippen LogP contribution in [0.3, 0.4) is 0 Å². The van der Waals surface area contributed by atoms with Gasteiger partial charge in [0.2, 0.25) is 5.91 Å². The number of benzene rings is 1. The minimum absolute atomic E-state index is 0.108. The van der Waals surface area contributed by atoms with E-state index in [4.69, 9.17) is 0 Å². The molecule has 1 aromatic rings. The lowest BCUT2D eigenvalue weighted by molar-refractivity contribution is -0.117. The van der Waals surface area contributed by atoms with Gasteiger partial charge < -0.3 is 15.7 Å². The molecule has 0 bridgehead atoms. The van der Waals surface area contributed by atoms with Crippen molar-refractivity contribution in [1.29, 1.82) is 0 Å². The lowest BCUT2D eigenvalue weighted by atomic mass is 10.2. The average Bonchev–Trinajstić information content (AvgIpc) is 2.69. The summed E-state index contributed by atoms with van der Waals surface area (Å²) in [6.45, 7) is 0.478. The number of rotatable bonds is 2. The van der Waals surface area contributed by atoms with Crippen molar-refractivity contribution in [3.63, 3.8) is 0 Å². The molecular weight excluding hydrogens is 399 g/mol. The lowest BCUT2D eigenvalue weighted by Crippen LogP contribution is -2.35. The van der Waals surface area contributed by atoms with Crippen LogP contribution in [0.4, 0.5) is 5.69 Å². The van der Waals surface area contributed by atoms with E-state index in [1.807, 2.05) is 18.2 Å². The number of β-amino-alcohol motifs (C(OH)–C–C–N with tert-alkyl or cyclic N) is 1. The van der Waals surface area contributed by atoms with E-state index < -0.39 is 6.10 Å². The van der Waals surface area contributed by atoms with E-state index in [2.05, 4.69) is 49.2 Å². The van der Waals surface area contributed by atoms with Gasteiger partial charge in [-0.15, -0.1) is 0 Å². The molecule has 1 aliphatic rings. The minimum atomic E-state index is -0.425. The van der Waals surface area contributed by atoms with Gasteiger partial charge in [-0.25, -0.2) is 0 Å². The SMILES string of the molecule is O=C(Nc1ccc(I)cc1Br)C1CC(O)CN1. The smallest absolute Gasteiger partial charge is 0.241 e. The van der Waals surface area contributed by atoms with Crippen molar-refractivity contribution in [1.82, 2.24) is 5.32 Å². The predicted molar refractivity (Wildman–Crippen MR) is 77.9 cm³/mol. The highest BCUT2D eigenvalue weighted by atomic mass is 127. The summed E-state index contributed by atoms with van der Waals surface area (Å²) in [5, 5.41) is 15.2. The van der Waals surface area contributed by atoms with Crippen LogP contribution in [-0.2, 0) is 4.79 Å². The van der Waals surface area contributed by atoms with Crippen LogP contribution >= 0.6 is 38.5 Å². The van der Waals surface area contributed by atoms with Crippen molar-refractivity contribution in [2.45, 2.75) is 18.6 Å². The number of halogens is 2. The normalized spacial score (nSPS) is 23.7. The summed E-state index contributed by atoms with van der Waals surface area (Å²) in [5.41, 5.74) is 0.749. The quantitative estimate of drug-likeness (QED) is 0.650. The highest BCUT2D eigenvalue weighted by Gasteiger charge is 2.28. The van der Waals surface area contributed by atoms with Crippen molar-refractivity contribution >= 4 is 50.1 Å². The third-order valence-corrected chi connectivity index (χ3v) is 3.94. The van der Waals surface area contributed by atoms with Crippen LogP contribution in [0.1, 0.15) is 6.42 Å². The molecule has 0 aromatic heterocycles. The van der Waals surface area contributed by atoms with Gasteiger partial charge >= 0.3 is 0 Å².